The molecule has 6 nitrogen and oxygen atoms in total. The Morgan fingerprint density at radius 2 is 1.54 bits per heavy atom. The van der Waals surface area contributed by atoms with Gasteiger partial charge < -0.3 is 20.7 Å². The largest absolute Gasteiger partial charge is 0.466 e. The van der Waals surface area contributed by atoms with Gasteiger partial charge in [0, 0.05) is 23.5 Å². The van der Waals surface area contributed by atoms with Crippen LogP contribution in [-0.4, -0.2) is 23.6 Å². The lowest BCUT2D eigenvalue weighted by molar-refractivity contribution is -0.144. The van der Waals surface area contributed by atoms with Gasteiger partial charge in [0.1, 0.15) is 0 Å². The molecule has 3 N–H and O–H groups in total. The Kier molecular flexibility index (Phi) is 7.57. The quantitative estimate of drug-likeness (QED) is 0.510. The zero-order chi connectivity index (χ0) is 18.8. The average Bonchev–Trinajstić information content (AvgIpc) is 2.63. The Hall–Kier alpha value is -2.93. The van der Waals surface area contributed by atoms with E-state index in [-0.39, 0.29) is 23.9 Å². The Morgan fingerprint density at radius 1 is 0.923 bits per heavy atom. The van der Waals surface area contributed by atoms with Gasteiger partial charge in [0.15, 0.2) is 5.11 Å². The van der Waals surface area contributed by atoms with Crippen molar-refractivity contribution in [2.45, 2.75) is 19.8 Å². The fourth-order valence-electron chi connectivity index (χ4n) is 2.13. The Labute approximate surface area is 157 Å². The maximum absolute atomic E-state index is 11.8. The highest BCUT2D eigenvalue weighted by atomic mass is 32.1. The van der Waals surface area contributed by atoms with Crippen molar-refractivity contribution >= 4 is 46.3 Å². The van der Waals surface area contributed by atoms with Crippen molar-refractivity contribution in [1.29, 1.82) is 0 Å². The fourth-order valence-corrected chi connectivity index (χ4v) is 2.36. The number of hydrogen-bond donors (Lipinski definition) is 3. The van der Waals surface area contributed by atoms with Crippen molar-refractivity contribution in [1.82, 2.24) is 5.32 Å². The van der Waals surface area contributed by atoms with Gasteiger partial charge in [-0.2, -0.15) is 0 Å². The first-order valence-corrected chi connectivity index (χ1v) is 8.66. The molecule has 2 aromatic rings. The van der Waals surface area contributed by atoms with Gasteiger partial charge in [-0.05, 0) is 55.5 Å². The molecule has 0 aliphatic carbocycles. The number of carbonyl (C=O) groups is 2. The molecular weight excluding hydrogens is 350 g/mol. The third kappa shape index (κ3) is 6.90. The molecule has 0 aromatic heterocycles. The number of rotatable bonds is 7. The van der Waals surface area contributed by atoms with E-state index in [9.17, 15) is 9.59 Å². The molecule has 0 radical (unpaired) electrons. The lowest BCUT2D eigenvalue weighted by Crippen LogP contribution is -2.34. The van der Waals surface area contributed by atoms with Crippen molar-refractivity contribution in [3.8, 4) is 0 Å². The summed E-state index contributed by atoms with van der Waals surface area (Å²) in [6.07, 6.45) is 0.0583. The number of benzene rings is 2. The highest BCUT2D eigenvalue weighted by Gasteiger charge is 2.09. The molecule has 0 aliphatic rings. The second-order valence-corrected chi connectivity index (χ2v) is 5.78. The average molecular weight is 371 g/mol. The van der Waals surface area contributed by atoms with E-state index in [0.717, 1.165) is 17.1 Å². The number of amides is 1. The molecule has 0 aliphatic heterocycles. The van der Waals surface area contributed by atoms with E-state index >= 15 is 0 Å². The number of anilines is 3. The standard InChI is InChI=1S/C19H21N3O3S/c1-2-25-18(24)13-12-17(23)22-19(26)21-16-10-8-15(9-11-16)20-14-6-4-3-5-7-14/h3-11,20H,2,12-13H2,1H3,(H2,21,22,23,26). The van der Waals surface area contributed by atoms with Crippen LogP contribution < -0.4 is 16.0 Å². The van der Waals surface area contributed by atoms with Crippen LogP contribution in [0.25, 0.3) is 0 Å². The molecule has 0 saturated carbocycles. The number of hydrogen-bond acceptors (Lipinski definition) is 5. The van der Waals surface area contributed by atoms with E-state index in [1.807, 2.05) is 54.6 Å². The van der Waals surface area contributed by atoms with Crippen LogP contribution in [0.3, 0.4) is 0 Å². The van der Waals surface area contributed by atoms with E-state index in [0.29, 0.717) is 6.61 Å². The van der Waals surface area contributed by atoms with Gasteiger partial charge in [0.25, 0.3) is 0 Å². The van der Waals surface area contributed by atoms with E-state index in [2.05, 4.69) is 16.0 Å². The van der Waals surface area contributed by atoms with E-state index in [4.69, 9.17) is 17.0 Å². The zero-order valence-electron chi connectivity index (χ0n) is 14.5. The summed E-state index contributed by atoms with van der Waals surface area (Å²) in [4.78, 5) is 23.0. The van der Waals surface area contributed by atoms with E-state index < -0.39 is 5.97 Å². The smallest absolute Gasteiger partial charge is 0.306 e. The van der Waals surface area contributed by atoms with Crippen LogP contribution in [0.2, 0.25) is 0 Å². The second kappa shape index (κ2) is 10.1. The van der Waals surface area contributed by atoms with Crippen molar-refractivity contribution in [2.24, 2.45) is 0 Å². The summed E-state index contributed by atoms with van der Waals surface area (Å²) in [5.41, 5.74) is 2.68. The number of nitrogens with one attached hydrogen (secondary N) is 3. The number of carbonyl (C=O) groups excluding carboxylic acids is 2. The molecule has 2 rings (SSSR count). The van der Waals surface area contributed by atoms with Crippen LogP contribution in [0, 0.1) is 0 Å². The summed E-state index contributed by atoms with van der Waals surface area (Å²) in [5.74, 6) is -0.735. The molecule has 0 atom stereocenters. The monoisotopic (exact) mass is 371 g/mol. The molecule has 0 bridgehead atoms. The Balaban J connectivity index is 1.78. The first kappa shape index (κ1) is 19.4. The molecule has 0 fully saturated rings. The first-order valence-electron chi connectivity index (χ1n) is 8.25. The van der Waals surface area contributed by atoms with Crippen molar-refractivity contribution in [2.75, 3.05) is 17.2 Å². The minimum Gasteiger partial charge on any atom is -0.466 e. The second-order valence-electron chi connectivity index (χ2n) is 5.38. The highest BCUT2D eigenvalue weighted by Crippen LogP contribution is 2.18. The highest BCUT2D eigenvalue weighted by molar-refractivity contribution is 7.80. The Bertz CT molecular complexity index is 748. The normalized spacial score (nSPS) is 9.88. The molecule has 136 valence electrons. The van der Waals surface area contributed by atoms with Crippen LogP contribution in [0.4, 0.5) is 17.1 Å². The minimum absolute atomic E-state index is 0.0284. The topological polar surface area (TPSA) is 79.5 Å². The third-order valence-electron chi connectivity index (χ3n) is 3.32. The van der Waals surface area contributed by atoms with E-state index in [1.54, 1.807) is 6.92 Å². The van der Waals surface area contributed by atoms with Gasteiger partial charge in [0.05, 0.1) is 13.0 Å². The molecule has 0 unspecified atom stereocenters. The SMILES string of the molecule is CCOC(=O)CCC(=O)NC(=S)Nc1ccc(Nc2ccccc2)cc1. The van der Waals surface area contributed by atoms with Gasteiger partial charge in [-0.15, -0.1) is 0 Å². The summed E-state index contributed by atoms with van der Waals surface area (Å²) in [7, 11) is 0. The maximum Gasteiger partial charge on any atom is 0.306 e. The van der Waals surface area contributed by atoms with Gasteiger partial charge >= 0.3 is 5.97 Å². The van der Waals surface area contributed by atoms with Crippen molar-refractivity contribution in [3.63, 3.8) is 0 Å². The number of esters is 1. The molecular formula is C19H21N3O3S. The third-order valence-corrected chi connectivity index (χ3v) is 3.52. The predicted molar refractivity (Wildman–Crippen MR) is 106 cm³/mol. The summed E-state index contributed by atoms with van der Waals surface area (Å²) in [6, 6.07) is 17.3. The van der Waals surface area contributed by atoms with Gasteiger partial charge in [0.2, 0.25) is 5.91 Å². The first-order chi connectivity index (χ1) is 12.6. The molecule has 0 saturated heterocycles. The van der Waals surface area contributed by atoms with Crippen molar-refractivity contribution < 1.29 is 14.3 Å². The predicted octanol–water partition coefficient (Wildman–Crippen LogP) is 3.59. The van der Waals surface area contributed by atoms with E-state index in [1.165, 1.54) is 0 Å². The van der Waals surface area contributed by atoms with Crippen LogP contribution in [0.5, 0.6) is 0 Å². The lowest BCUT2D eigenvalue weighted by Gasteiger charge is -2.11. The molecule has 26 heavy (non-hydrogen) atoms. The summed E-state index contributed by atoms with van der Waals surface area (Å²) in [6.45, 7) is 2.02. The van der Waals surface area contributed by atoms with Crippen LogP contribution >= 0.6 is 12.2 Å². The van der Waals surface area contributed by atoms with Crippen LogP contribution in [-0.2, 0) is 14.3 Å². The van der Waals surface area contributed by atoms with Crippen LogP contribution in [0.15, 0.2) is 54.6 Å². The molecule has 1 amide bonds. The summed E-state index contributed by atoms with van der Waals surface area (Å²) >= 11 is 5.11. The Morgan fingerprint density at radius 3 is 2.19 bits per heavy atom. The number of para-hydroxylation sites is 1. The van der Waals surface area contributed by atoms with Gasteiger partial charge in [-0.3, -0.25) is 9.59 Å². The lowest BCUT2D eigenvalue weighted by atomic mass is 10.2. The summed E-state index contributed by atoms with van der Waals surface area (Å²) in [5, 5.41) is 8.93. The molecule has 0 heterocycles. The van der Waals surface area contributed by atoms with Crippen LogP contribution in [0.1, 0.15) is 19.8 Å². The molecule has 7 heteroatoms. The number of thiocarbonyl (C=S) groups is 1. The van der Waals surface area contributed by atoms with Crippen molar-refractivity contribution in [3.05, 3.63) is 54.6 Å². The molecule has 2 aromatic carbocycles. The number of ether oxygens (including phenoxy) is 1. The minimum atomic E-state index is -0.400. The maximum atomic E-state index is 11.8. The summed E-state index contributed by atoms with van der Waals surface area (Å²) < 4.78 is 4.77. The van der Waals surface area contributed by atoms with Gasteiger partial charge in [-0.1, -0.05) is 18.2 Å². The van der Waals surface area contributed by atoms with Gasteiger partial charge in [-0.25, -0.2) is 0 Å². The molecule has 0 spiro atoms. The fraction of sp³-hybridized carbons (Fsp3) is 0.211. The zero-order valence-corrected chi connectivity index (χ0v) is 15.3.